The van der Waals surface area contributed by atoms with Crippen molar-refractivity contribution < 1.29 is 33.6 Å². The fourth-order valence-corrected chi connectivity index (χ4v) is 2.92. The summed E-state index contributed by atoms with van der Waals surface area (Å²) in [6, 6.07) is 0. The molecule has 0 aliphatic rings. The molecule has 9 nitrogen and oxygen atoms in total. The molecule has 11 heteroatoms. The van der Waals surface area contributed by atoms with Crippen molar-refractivity contribution in [1.82, 2.24) is 10.6 Å². The van der Waals surface area contributed by atoms with E-state index in [1.165, 1.54) is 13.8 Å². The summed E-state index contributed by atoms with van der Waals surface area (Å²) in [5.74, 6) is 0.950. The number of rotatable bonds is 13. The molecule has 25 heavy (non-hydrogen) atoms. The second kappa shape index (κ2) is 11.9. The molecule has 0 aromatic heterocycles. The topological polar surface area (TPSA) is 145 Å². The van der Waals surface area contributed by atoms with Crippen molar-refractivity contribution in [3.63, 3.8) is 0 Å². The standard InChI is InChI=1S/C14H29N2O7PS/c1-4-8-25-9-7-15-11(17)5-6-16-13(19)12(18)14(2,3)10-23-24(20,21)22/h12,18H,4-10H2,1-3H3,(H,15,17)(H,16,19)(H2,20,21,22). The average molecular weight is 400 g/mol. The van der Waals surface area contributed by atoms with E-state index in [1.54, 1.807) is 11.8 Å². The Hall–Kier alpha value is -0.640. The van der Waals surface area contributed by atoms with E-state index in [9.17, 15) is 19.3 Å². The van der Waals surface area contributed by atoms with Crippen LogP contribution >= 0.6 is 19.6 Å². The van der Waals surface area contributed by atoms with Gasteiger partial charge in [-0.2, -0.15) is 11.8 Å². The van der Waals surface area contributed by atoms with Crippen LogP contribution in [0.4, 0.5) is 0 Å². The summed E-state index contributed by atoms with van der Waals surface area (Å²) >= 11 is 1.75. The molecule has 0 aliphatic heterocycles. The number of amides is 2. The molecule has 0 saturated heterocycles. The summed E-state index contributed by atoms with van der Waals surface area (Å²) in [5.41, 5.74) is -1.20. The number of aliphatic hydroxyl groups is 1. The molecule has 0 saturated carbocycles. The van der Waals surface area contributed by atoms with Crippen LogP contribution in [0.3, 0.4) is 0 Å². The normalized spacial score (nSPS) is 13.4. The maximum absolute atomic E-state index is 11.9. The highest BCUT2D eigenvalue weighted by molar-refractivity contribution is 7.99. The number of carbonyl (C=O) groups excluding carboxylic acids is 2. The van der Waals surface area contributed by atoms with E-state index in [-0.39, 0.29) is 18.9 Å². The van der Waals surface area contributed by atoms with E-state index in [0.717, 1.165) is 17.9 Å². The van der Waals surface area contributed by atoms with Crippen LogP contribution in [0.1, 0.15) is 33.6 Å². The molecular formula is C14H29N2O7PS. The zero-order valence-electron chi connectivity index (χ0n) is 14.9. The van der Waals surface area contributed by atoms with Gasteiger partial charge < -0.3 is 25.5 Å². The lowest BCUT2D eigenvalue weighted by molar-refractivity contribution is -0.137. The van der Waals surface area contributed by atoms with Gasteiger partial charge in [0.15, 0.2) is 0 Å². The van der Waals surface area contributed by atoms with E-state index >= 15 is 0 Å². The lowest BCUT2D eigenvalue weighted by Gasteiger charge is -2.29. The molecule has 0 aromatic rings. The van der Waals surface area contributed by atoms with E-state index in [4.69, 9.17) is 9.79 Å². The number of hydrogen-bond donors (Lipinski definition) is 5. The van der Waals surface area contributed by atoms with Gasteiger partial charge in [0.2, 0.25) is 11.8 Å². The quantitative estimate of drug-likeness (QED) is 0.218. The minimum Gasteiger partial charge on any atom is -0.383 e. The molecule has 0 aromatic carbocycles. The third-order valence-electron chi connectivity index (χ3n) is 3.16. The van der Waals surface area contributed by atoms with Gasteiger partial charge in [-0.3, -0.25) is 14.1 Å². The van der Waals surface area contributed by atoms with Gasteiger partial charge >= 0.3 is 7.82 Å². The maximum Gasteiger partial charge on any atom is 0.469 e. The molecule has 0 radical (unpaired) electrons. The van der Waals surface area contributed by atoms with Crippen LogP contribution in [0.2, 0.25) is 0 Å². The van der Waals surface area contributed by atoms with Crippen molar-refractivity contribution >= 4 is 31.4 Å². The summed E-state index contributed by atoms with van der Waals surface area (Å²) < 4.78 is 15.0. The van der Waals surface area contributed by atoms with E-state index < -0.39 is 31.9 Å². The molecule has 5 N–H and O–H groups in total. The summed E-state index contributed by atoms with van der Waals surface area (Å²) in [7, 11) is -4.68. The number of nitrogens with one attached hydrogen (secondary N) is 2. The number of phosphoric acid groups is 1. The first-order valence-corrected chi connectivity index (χ1v) is 10.7. The molecule has 1 atom stereocenters. The van der Waals surface area contributed by atoms with Gasteiger partial charge in [0, 0.05) is 30.7 Å². The van der Waals surface area contributed by atoms with Gasteiger partial charge in [-0.05, 0) is 12.2 Å². The van der Waals surface area contributed by atoms with Gasteiger partial charge in [0.25, 0.3) is 0 Å². The fraction of sp³-hybridized carbons (Fsp3) is 0.857. The minimum atomic E-state index is -4.68. The molecule has 0 spiro atoms. The van der Waals surface area contributed by atoms with Crippen LogP contribution in [0.25, 0.3) is 0 Å². The molecule has 2 amide bonds. The number of phosphoric ester groups is 1. The van der Waals surface area contributed by atoms with Gasteiger partial charge in [-0.15, -0.1) is 0 Å². The minimum absolute atomic E-state index is 0.0548. The van der Waals surface area contributed by atoms with Gasteiger partial charge in [0.05, 0.1) is 6.61 Å². The Labute approximate surface area is 152 Å². The second-order valence-corrected chi connectivity index (χ2v) is 8.62. The zero-order chi connectivity index (χ0) is 19.5. The average Bonchev–Trinajstić information content (AvgIpc) is 2.51. The van der Waals surface area contributed by atoms with E-state index in [1.807, 2.05) is 0 Å². The molecule has 0 aliphatic carbocycles. The SMILES string of the molecule is CCCSCCNC(=O)CCNC(=O)C(O)C(C)(C)COP(=O)(O)O. The molecule has 0 fully saturated rings. The van der Waals surface area contributed by atoms with Gasteiger partial charge in [-0.25, -0.2) is 4.57 Å². The lowest BCUT2D eigenvalue weighted by atomic mass is 9.87. The van der Waals surface area contributed by atoms with E-state index in [2.05, 4.69) is 22.1 Å². The molecule has 0 heterocycles. The Bertz CT molecular complexity index is 470. The molecule has 148 valence electrons. The Morgan fingerprint density at radius 2 is 1.84 bits per heavy atom. The number of aliphatic hydroxyl groups excluding tert-OH is 1. The van der Waals surface area contributed by atoms with Crippen molar-refractivity contribution in [2.75, 3.05) is 31.2 Å². The van der Waals surface area contributed by atoms with Crippen LogP contribution in [-0.2, 0) is 18.7 Å². The van der Waals surface area contributed by atoms with Crippen molar-refractivity contribution in [3.05, 3.63) is 0 Å². The Balaban J connectivity index is 4.07. The highest BCUT2D eigenvalue weighted by Gasteiger charge is 2.35. The number of hydrogen-bond acceptors (Lipinski definition) is 6. The monoisotopic (exact) mass is 400 g/mol. The lowest BCUT2D eigenvalue weighted by Crippen LogP contribution is -2.46. The highest BCUT2D eigenvalue weighted by Crippen LogP contribution is 2.38. The van der Waals surface area contributed by atoms with Crippen LogP contribution in [0.15, 0.2) is 0 Å². The van der Waals surface area contributed by atoms with Gasteiger partial charge in [-0.1, -0.05) is 20.8 Å². The smallest absolute Gasteiger partial charge is 0.383 e. The van der Waals surface area contributed by atoms with Crippen molar-refractivity contribution in [2.45, 2.75) is 39.7 Å². The van der Waals surface area contributed by atoms with Gasteiger partial charge in [0.1, 0.15) is 6.10 Å². The predicted molar refractivity (Wildman–Crippen MR) is 96.0 cm³/mol. The summed E-state index contributed by atoms with van der Waals surface area (Å²) in [6.07, 6.45) is -0.369. The maximum atomic E-state index is 11.9. The first-order valence-electron chi connectivity index (χ1n) is 8.00. The van der Waals surface area contributed by atoms with Crippen molar-refractivity contribution in [3.8, 4) is 0 Å². The third kappa shape index (κ3) is 12.4. The van der Waals surface area contributed by atoms with Crippen LogP contribution in [-0.4, -0.2) is 64.0 Å². The van der Waals surface area contributed by atoms with E-state index in [0.29, 0.717) is 6.54 Å². The third-order valence-corrected chi connectivity index (χ3v) is 4.82. The first kappa shape index (κ1) is 24.4. The summed E-state index contributed by atoms with van der Waals surface area (Å²) in [4.78, 5) is 40.8. The summed E-state index contributed by atoms with van der Waals surface area (Å²) in [6.45, 7) is 5.08. The van der Waals surface area contributed by atoms with Crippen molar-refractivity contribution in [2.24, 2.45) is 5.41 Å². The van der Waals surface area contributed by atoms with Crippen LogP contribution in [0, 0.1) is 5.41 Å². The summed E-state index contributed by atoms with van der Waals surface area (Å²) in [5, 5.41) is 15.1. The first-order chi connectivity index (χ1) is 11.5. The van der Waals surface area contributed by atoms with Crippen molar-refractivity contribution in [1.29, 1.82) is 0 Å². The van der Waals surface area contributed by atoms with Crippen LogP contribution in [0.5, 0.6) is 0 Å². The Morgan fingerprint density at radius 1 is 1.20 bits per heavy atom. The fourth-order valence-electron chi connectivity index (χ4n) is 1.68. The zero-order valence-corrected chi connectivity index (χ0v) is 16.6. The Morgan fingerprint density at radius 3 is 2.40 bits per heavy atom. The predicted octanol–water partition coefficient (Wildman–Crippen LogP) is 0.249. The molecule has 0 bridgehead atoms. The van der Waals surface area contributed by atoms with Crippen LogP contribution < -0.4 is 10.6 Å². The highest BCUT2D eigenvalue weighted by atomic mass is 32.2. The molecule has 1 unspecified atom stereocenters. The Kier molecular flexibility index (Phi) is 11.6. The molecular weight excluding hydrogens is 371 g/mol. The number of thioether (sulfide) groups is 1. The second-order valence-electron chi connectivity index (χ2n) is 6.16. The molecule has 0 rings (SSSR count). The number of carbonyl (C=O) groups is 2. The largest absolute Gasteiger partial charge is 0.469 e.